The number of Topliss-reactive ketones (excluding diaryl/α,β-unsaturated/α-hetero) is 1. The van der Waals surface area contributed by atoms with E-state index >= 15 is 0 Å². The van der Waals surface area contributed by atoms with Gasteiger partial charge >= 0.3 is 6.03 Å². The molecule has 66 valence electrons. The third-order valence-electron chi connectivity index (χ3n) is 1.73. The highest BCUT2D eigenvalue weighted by Crippen LogP contribution is 2.06. The molecule has 3 amide bonds. The van der Waals surface area contributed by atoms with Crippen LogP contribution in [0.5, 0.6) is 0 Å². The maximum Gasteiger partial charge on any atom is 0.325 e. The molecule has 0 aromatic rings. The van der Waals surface area contributed by atoms with E-state index in [-0.39, 0.29) is 18.2 Å². The molecule has 1 atom stereocenters. The summed E-state index contributed by atoms with van der Waals surface area (Å²) in [7, 11) is 0. The molecule has 0 aliphatic carbocycles. The lowest BCUT2D eigenvalue weighted by atomic mass is 10.3. The maximum atomic E-state index is 11.0. The Morgan fingerprint density at radius 1 is 1.58 bits per heavy atom. The van der Waals surface area contributed by atoms with Crippen molar-refractivity contribution in [2.75, 3.05) is 6.54 Å². The molecule has 1 aliphatic heterocycles. The average molecular weight is 170 g/mol. The van der Waals surface area contributed by atoms with Crippen LogP contribution in [0.15, 0.2) is 0 Å². The molecule has 12 heavy (non-hydrogen) atoms. The van der Waals surface area contributed by atoms with Crippen LogP contribution in [0.1, 0.15) is 13.8 Å². The third kappa shape index (κ3) is 1.44. The number of imide groups is 1. The number of carbonyl (C=O) groups is 3. The lowest BCUT2D eigenvalue weighted by Gasteiger charge is -2.15. The molecule has 1 aliphatic rings. The Balaban J connectivity index is 2.70. The zero-order chi connectivity index (χ0) is 9.30. The summed E-state index contributed by atoms with van der Waals surface area (Å²) in [5.74, 6) is -0.479. The van der Waals surface area contributed by atoms with Crippen LogP contribution < -0.4 is 5.32 Å². The van der Waals surface area contributed by atoms with Gasteiger partial charge in [0, 0.05) is 0 Å². The van der Waals surface area contributed by atoms with Crippen LogP contribution >= 0.6 is 0 Å². The van der Waals surface area contributed by atoms with Crippen molar-refractivity contribution in [3.05, 3.63) is 0 Å². The lowest BCUT2D eigenvalue weighted by Crippen LogP contribution is -2.36. The summed E-state index contributed by atoms with van der Waals surface area (Å²) in [4.78, 5) is 33.7. The normalized spacial score (nSPS) is 22.8. The Labute approximate surface area is 69.7 Å². The molecule has 1 heterocycles. The Bertz CT molecular complexity index is 249. The molecule has 0 aromatic carbocycles. The van der Waals surface area contributed by atoms with Crippen LogP contribution in [-0.4, -0.2) is 35.2 Å². The van der Waals surface area contributed by atoms with Crippen LogP contribution in [0.2, 0.25) is 0 Å². The minimum absolute atomic E-state index is 0.00125. The van der Waals surface area contributed by atoms with E-state index in [0.29, 0.717) is 0 Å². The van der Waals surface area contributed by atoms with Gasteiger partial charge in [-0.1, -0.05) is 0 Å². The van der Waals surface area contributed by atoms with Gasteiger partial charge in [0.25, 0.3) is 5.91 Å². The fraction of sp³-hybridized carbons (Fsp3) is 0.571. The number of ketones is 1. The third-order valence-corrected chi connectivity index (χ3v) is 1.73. The maximum absolute atomic E-state index is 11.0. The monoisotopic (exact) mass is 170 g/mol. The van der Waals surface area contributed by atoms with Gasteiger partial charge < -0.3 is 4.90 Å². The van der Waals surface area contributed by atoms with Crippen molar-refractivity contribution < 1.29 is 14.4 Å². The molecule has 0 radical (unpaired) electrons. The average Bonchev–Trinajstić information content (AvgIpc) is 2.16. The molecular formula is C7H10N2O3. The summed E-state index contributed by atoms with van der Waals surface area (Å²) in [5, 5.41) is 2.12. The van der Waals surface area contributed by atoms with Crippen LogP contribution in [0.3, 0.4) is 0 Å². The molecule has 1 unspecified atom stereocenters. The molecule has 5 heteroatoms. The number of rotatable bonds is 2. The second kappa shape index (κ2) is 2.92. The van der Waals surface area contributed by atoms with Crippen LogP contribution in [0.4, 0.5) is 4.79 Å². The summed E-state index contributed by atoms with van der Waals surface area (Å²) in [6, 6.07) is -1.01. The Hall–Kier alpha value is -1.39. The number of nitrogens with zero attached hydrogens (tertiary/aromatic N) is 1. The molecule has 0 bridgehead atoms. The largest absolute Gasteiger partial charge is 0.325 e. The van der Waals surface area contributed by atoms with Gasteiger partial charge in [0.05, 0.1) is 6.54 Å². The second-order valence-corrected chi connectivity index (χ2v) is 2.80. The van der Waals surface area contributed by atoms with E-state index in [0.717, 1.165) is 0 Å². The molecule has 1 rings (SSSR count). The predicted octanol–water partition coefficient (Wildman–Crippen LogP) is -0.484. The van der Waals surface area contributed by atoms with E-state index in [9.17, 15) is 14.4 Å². The van der Waals surface area contributed by atoms with Gasteiger partial charge in [0.2, 0.25) is 0 Å². The minimum atomic E-state index is -0.526. The van der Waals surface area contributed by atoms with Crippen molar-refractivity contribution in [1.82, 2.24) is 10.2 Å². The topological polar surface area (TPSA) is 66.5 Å². The Morgan fingerprint density at radius 2 is 2.17 bits per heavy atom. The van der Waals surface area contributed by atoms with E-state index < -0.39 is 12.1 Å². The van der Waals surface area contributed by atoms with Crippen molar-refractivity contribution >= 4 is 17.7 Å². The number of nitrogens with one attached hydrogen (secondary N) is 1. The fourth-order valence-corrected chi connectivity index (χ4v) is 1.05. The summed E-state index contributed by atoms with van der Waals surface area (Å²) >= 11 is 0. The van der Waals surface area contributed by atoms with Crippen molar-refractivity contribution in [2.24, 2.45) is 0 Å². The quantitative estimate of drug-likeness (QED) is 0.569. The first-order valence-electron chi connectivity index (χ1n) is 3.63. The van der Waals surface area contributed by atoms with Gasteiger partial charge in [-0.15, -0.1) is 0 Å². The van der Waals surface area contributed by atoms with Gasteiger partial charge in [-0.2, -0.15) is 0 Å². The van der Waals surface area contributed by atoms with Crippen LogP contribution in [-0.2, 0) is 9.59 Å². The first-order valence-corrected chi connectivity index (χ1v) is 3.63. The van der Waals surface area contributed by atoms with Crippen LogP contribution in [0, 0.1) is 0 Å². The molecule has 5 nitrogen and oxygen atoms in total. The highest BCUT2D eigenvalue weighted by Gasteiger charge is 2.34. The summed E-state index contributed by atoms with van der Waals surface area (Å²) < 4.78 is 0. The van der Waals surface area contributed by atoms with Gasteiger partial charge in [-0.05, 0) is 13.8 Å². The van der Waals surface area contributed by atoms with Gasteiger partial charge in [0.15, 0.2) is 0 Å². The van der Waals surface area contributed by atoms with E-state index in [4.69, 9.17) is 0 Å². The molecular weight excluding hydrogens is 160 g/mol. The number of hydrogen-bond donors (Lipinski definition) is 1. The van der Waals surface area contributed by atoms with E-state index in [1.807, 2.05) is 0 Å². The summed E-state index contributed by atoms with van der Waals surface area (Å²) in [6.45, 7) is 2.96. The van der Waals surface area contributed by atoms with Crippen molar-refractivity contribution in [2.45, 2.75) is 19.9 Å². The van der Waals surface area contributed by atoms with Gasteiger partial charge in [-0.3, -0.25) is 14.9 Å². The summed E-state index contributed by atoms with van der Waals surface area (Å²) in [5.41, 5.74) is 0. The molecule has 1 fully saturated rings. The van der Waals surface area contributed by atoms with E-state index in [1.54, 1.807) is 6.92 Å². The predicted molar refractivity (Wildman–Crippen MR) is 40.4 cm³/mol. The van der Waals surface area contributed by atoms with Crippen molar-refractivity contribution in [1.29, 1.82) is 0 Å². The molecule has 0 saturated carbocycles. The number of hydrogen-bond acceptors (Lipinski definition) is 3. The standard InChI is InChI=1S/C7H10N2O3/c1-4(10)3-9-5(2)6(11)8-7(9)12/h5H,3H2,1-2H3,(H,8,11,12). The van der Waals surface area contributed by atoms with Gasteiger partial charge in [0.1, 0.15) is 11.8 Å². The number of carbonyl (C=O) groups excluding carboxylic acids is 3. The Kier molecular flexibility index (Phi) is 2.12. The van der Waals surface area contributed by atoms with Gasteiger partial charge in [-0.25, -0.2) is 4.79 Å². The zero-order valence-corrected chi connectivity index (χ0v) is 6.96. The smallest absolute Gasteiger partial charge is 0.305 e. The Morgan fingerprint density at radius 3 is 2.50 bits per heavy atom. The highest BCUT2D eigenvalue weighted by molar-refractivity contribution is 6.05. The number of urea groups is 1. The first kappa shape index (κ1) is 8.70. The molecule has 1 N–H and O–H groups in total. The molecule has 0 aromatic heterocycles. The first-order chi connectivity index (χ1) is 5.52. The lowest BCUT2D eigenvalue weighted by molar-refractivity contribution is -0.121. The number of amides is 3. The fourth-order valence-electron chi connectivity index (χ4n) is 1.05. The van der Waals surface area contributed by atoms with E-state index in [2.05, 4.69) is 5.32 Å². The minimum Gasteiger partial charge on any atom is -0.305 e. The molecule has 1 saturated heterocycles. The van der Waals surface area contributed by atoms with E-state index in [1.165, 1.54) is 11.8 Å². The second-order valence-electron chi connectivity index (χ2n) is 2.80. The highest BCUT2D eigenvalue weighted by atomic mass is 16.2. The summed E-state index contributed by atoms with van der Waals surface area (Å²) in [6.07, 6.45) is 0. The SMILES string of the molecule is CC(=O)CN1C(=O)NC(=O)C1C. The molecule has 0 spiro atoms. The van der Waals surface area contributed by atoms with Crippen LogP contribution in [0.25, 0.3) is 0 Å². The van der Waals surface area contributed by atoms with Crippen molar-refractivity contribution in [3.63, 3.8) is 0 Å². The van der Waals surface area contributed by atoms with Crippen molar-refractivity contribution in [3.8, 4) is 0 Å². The zero-order valence-electron chi connectivity index (χ0n) is 6.96.